The molecule has 1 aliphatic rings. The molecule has 1 amide bonds. The second-order valence-corrected chi connectivity index (χ2v) is 9.06. The quantitative estimate of drug-likeness (QED) is 0.324. The Morgan fingerprint density at radius 2 is 2.03 bits per heavy atom. The van der Waals surface area contributed by atoms with Crippen LogP contribution in [0.3, 0.4) is 0 Å². The summed E-state index contributed by atoms with van der Waals surface area (Å²) in [7, 11) is 3.90. The average molecular weight is 522 g/mol. The highest BCUT2D eigenvalue weighted by Crippen LogP contribution is 2.35. The van der Waals surface area contributed by atoms with Gasteiger partial charge in [-0.15, -0.1) is 0 Å². The van der Waals surface area contributed by atoms with Crippen molar-refractivity contribution in [2.45, 2.75) is 18.8 Å². The maximum atomic E-state index is 13.8. The number of benzene rings is 1. The number of rotatable bonds is 7. The van der Waals surface area contributed by atoms with Crippen LogP contribution in [0, 0.1) is 17.3 Å². The van der Waals surface area contributed by atoms with Crippen LogP contribution in [0.25, 0.3) is 6.08 Å². The second kappa shape index (κ2) is 11.4. The largest absolute Gasteiger partial charge is 0.416 e. The van der Waals surface area contributed by atoms with Gasteiger partial charge in [0.05, 0.1) is 17.3 Å². The Balaban J connectivity index is 1.46. The number of anilines is 1. The number of allylic oxidation sites excluding steroid dienone is 1. The van der Waals surface area contributed by atoms with Crippen LogP contribution in [0.2, 0.25) is 0 Å². The summed E-state index contributed by atoms with van der Waals surface area (Å²) >= 11 is 0. The SMILES string of the molecule is CN(C)C1CN(Cc2ccc(NC(=O)c3cncc(C#Cc4cnc(/C=C\C=N)[nH]4)c3)cc2C(F)(F)F)C1. The third-order valence-corrected chi connectivity index (χ3v) is 6.02. The van der Waals surface area contributed by atoms with E-state index in [4.69, 9.17) is 5.41 Å². The molecule has 11 heteroatoms. The Kier molecular flexibility index (Phi) is 8.05. The average Bonchev–Trinajstić information content (AvgIpc) is 3.31. The summed E-state index contributed by atoms with van der Waals surface area (Å²) in [6.45, 7) is 1.60. The number of carbonyl (C=O) groups excluding carboxylic acids is 1. The summed E-state index contributed by atoms with van der Waals surface area (Å²) in [5.41, 5.74) is 0.572. The fourth-order valence-electron chi connectivity index (χ4n) is 3.89. The predicted octanol–water partition coefficient (Wildman–Crippen LogP) is 3.88. The Morgan fingerprint density at radius 3 is 2.74 bits per heavy atom. The Labute approximate surface area is 218 Å². The van der Waals surface area contributed by atoms with Crippen molar-refractivity contribution in [1.29, 1.82) is 5.41 Å². The monoisotopic (exact) mass is 521 g/mol. The molecule has 1 aromatic carbocycles. The number of halogens is 3. The van der Waals surface area contributed by atoms with Crippen LogP contribution in [0.15, 0.2) is 48.9 Å². The van der Waals surface area contributed by atoms with Crippen molar-refractivity contribution < 1.29 is 18.0 Å². The van der Waals surface area contributed by atoms with Gasteiger partial charge in [0.1, 0.15) is 11.5 Å². The molecule has 0 aliphatic carbocycles. The van der Waals surface area contributed by atoms with Crippen LogP contribution in [0.4, 0.5) is 18.9 Å². The molecule has 4 rings (SSSR count). The van der Waals surface area contributed by atoms with Crippen molar-refractivity contribution in [2.75, 3.05) is 32.5 Å². The molecule has 3 aromatic rings. The molecule has 1 fully saturated rings. The van der Waals surface area contributed by atoms with Gasteiger partial charge in [0.25, 0.3) is 5.91 Å². The van der Waals surface area contributed by atoms with E-state index in [1.165, 1.54) is 42.9 Å². The predicted molar refractivity (Wildman–Crippen MR) is 139 cm³/mol. The van der Waals surface area contributed by atoms with Gasteiger partial charge in [0, 0.05) is 55.5 Å². The van der Waals surface area contributed by atoms with Gasteiger partial charge in [-0.2, -0.15) is 13.2 Å². The normalized spacial score (nSPS) is 14.3. The minimum atomic E-state index is -4.55. The lowest BCUT2D eigenvalue weighted by molar-refractivity contribution is -0.138. The summed E-state index contributed by atoms with van der Waals surface area (Å²) in [5.74, 6) is 5.69. The zero-order chi connectivity index (χ0) is 27.3. The molecule has 0 saturated carbocycles. The molecule has 38 heavy (non-hydrogen) atoms. The molecule has 3 N–H and O–H groups in total. The molecule has 196 valence electrons. The minimum Gasteiger partial charge on any atom is -0.332 e. The molecule has 0 bridgehead atoms. The van der Waals surface area contributed by atoms with Crippen molar-refractivity contribution in [3.05, 3.63) is 82.7 Å². The molecule has 0 unspecified atom stereocenters. The zero-order valence-electron chi connectivity index (χ0n) is 20.8. The van der Waals surface area contributed by atoms with E-state index < -0.39 is 17.6 Å². The van der Waals surface area contributed by atoms with Gasteiger partial charge in [-0.1, -0.05) is 12.0 Å². The van der Waals surface area contributed by atoms with E-state index in [9.17, 15) is 18.0 Å². The van der Waals surface area contributed by atoms with E-state index in [-0.39, 0.29) is 23.4 Å². The highest BCUT2D eigenvalue weighted by Gasteiger charge is 2.36. The molecule has 1 saturated heterocycles. The number of nitrogens with one attached hydrogen (secondary N) is 3. The molecule has 1 aliphatic heterocycles. The van der Waals surface area contributed by atoms with Gasteiger partial charge >= 0.3 is 6.18 Å². The summed E-state index contributed by atoms with van der Waals surface area (Å²) in [5, 5.41) is 9.54. The van der Waals surface area contributed by atoms with E-state index in [1.54, 1.807) is 6.08 Å². The lowest BCUT2D eigenvalue weighted by Gasteiger charge is -2.43. The number of H-pyrrole nitrogens is 1. The molecule has 3 heterocycles. The van der Waals surface area contributed by atoms with Crippen molar-refractivity contribution >= 4 is 23.9 Å². The third kappa shape index (κ3) is 6.73. The summed E-state index contributed by atoms with van der Waals surface area (Å²) in [4.78, 5) is 27.9. The third-order valence-electron chi connectivity index (χ3n) is 6.02. The lowest BCUT2D eigenvalue weighted by atomic mass is 10.0. The fourth-order valence-corrected chi connectivity index (χ4v) is 3.89. The first kappa shape index (κ1) is 26.8. The van der Waals surface area contributed by atoms with Crippen LogP contribution in [-0.4, -0.2) is 70.1 Å². The first-order valence-electron chi connectivity index (χ1n) is 11.7. The van der Waals surface area contributed by atoms with Gasteiger partial charge in [0.15, 0.2) is 0 Å². The maximum absolute atomic E-state index is 13.8. The van der Waals surface area contributed by atoms with Crippen LogP contribution >= 0.6 is 0 Å². The molecule has 2 aromatic heterocycles. The van der Waals surface area contributed by atoms with Crippen LogP contribution < -0.4 is 5.32 Å². The number of carbonyl (C=O) groups is 1. The van der Waals surface area contributed by atoms with Crippen molar-refractivity contribution in [1.82, 2.24) is 24.8 Å². The zero-order valence-corrected chi connectivity index (χ0v) is 20.8. The van der Waals surface area contributed by atoms with Crippen molar-refractivity contribution in [3.63, 3.8) is 0 Å². The van der Waals surface area contributed by atoms with E-state index in [1.807, 2.05) is 19.0 Å². The molecular weight excluding hydrogens is 495 g/mol. The highest BCUT2D eigenvalue weighted by molar-refractivity contribution is 6.04. The van der Waals surface area contributed by atoms with Gasteiger partial charge in [0.2, 0.25) is 0 Å². The molecule has 0 atom stereocenters. The van der Waals surface area contributed by atoms with Crippen LogP contribution in [0.5, 0.6) is 0 Å². The number of imidazole rings is 1. The minimum absolute atomic E-state index is 0.0420. The van der Waals surface area contributed by atoms with E-state index >= 15 is 0 Å². The second-order valence-electron chi connectivity index (χ2n) is 9.06. The van der Waals surface area contributed by atoms with Gasteiger partial charge in [-0.3, -0.25) is 14.7 Å². The smallest absolute Gasteiger partial charge is 0.332 e. The first-order chi connectivity index (χ1) is 18.1. The van der Waals surface area contributed by atoms with Gasteiger partial charge < -0.3 is 20.6 Å². The number of likely N-dealkylation sites (tertiary alicyclic amines) is 1. The maximum Gasteiger partial charge on any atom is 0.416 e. The topological polar surface area (TPSA) is 101 Å². The van der Waals surface area contributed by atoms with Crippen LogP contribution in [-0.2, 0) is 12.7 Å². The number of likely N-dealkylation sites (N-methyl/N-ethyl adjacent to an activating group) is 1. The number of aromatic amines is 1. The molecular formula is C27H26F3N7O. The Bertz CT molecular complexity index is 1410. The molecule has 8 nitrogen and oxygen atoms in total. The molecule has 0 radical (unpaired) electrons. The number of hydrogen-bond acceptors (Lipinski definition) is 6. The van der Waals surface area contributed by atoms with E-state index in [0.717, 1.165) is 12.3 Å². The standard InChI is InChI=1S/C27H26F3N7O/c1-36(2)23-16-37(17-23)15-19-6-8-21(11-24(19)27(28,29)30)35-26(38)20-10-18(12-32-13-20)5-7-22-14-33-25(34-22)4-3-9-31/h3-4,6,8-14,23,31H,15-17H2,1-2H3,(H,33,34)(H,35,38)/b4-3-,31-9?. The van der Waals surface area contributed by atoms with Gasteiger partial charge in [-0.05, 0) is 55.9 Å². The number of hydrogen-bond donors (Lipinski definition) is 3. The number of nitrogens with zero attached hydrogens (tertiary/aromatic N) is 4. The van der Waals surface area contributed by atoms with Gasteiger partial charge in [-0.25, -0.2) is 4.98 Å². The van der Waals surface area contributed by atoms with E-state index in [2.05, 4.69) is 37.0 Å². The molecule has 0 spiro atoms. The highest BCUT2D eigenvalue weighted by atomic mass is 19.4. The number of alkyl halides is 3. The summed E-state index contributed by atoms with van der Waals surface area (Å²) in [6, 6.07) is 5.70. The number of amides is 1. The fraction of sp³-hybridized carbons (Fsp3) is 0.259. The number of pyridine rings is 1. The lowest BCUT2D eigenvalue weighted by Crippen LogP contribution is -2.56. The summed E-state index contributed by atoms with van der Waals surface area (Å²) < 4.78 is 41.5. The number of aromatic nitrogens is 3. The first-order valence-corrected chi connectivity index (χ1v) is 11.7. The summed E-state index contributed by atoms with van der Waals surface area (Å²) in [6.07, 6.45) is 4.03. The van der Waals surface area contributed by atoms with Crippen molar-refractivity contribution in [3.8, 4) is 11.8 Å². The Morgan fingerprint density at radius 1 is 1.24 bits per heavy atom. The van der Waals surface area contributed by atoms with Crippen molar-refractivity contribution in [2.24, 2.45) is 0 Å². The van der Waals surface area contributed by atoms with E-state index in [0.29, 0.717) is 36.2 Å². The van der Waals surface area contributed by atoms with Crippen LogP contribution in [0.1, 0.15) is 38.6 Å². The Hall–Kier alpha value is -4.27.